The Bertz CT molecular complexity index is 2140. The van der Waals surface area contributed by atoms with Gasteiger partial charge in [-0.1, -0.05) is 86.0 Å². The fourth-order valence-electron chi connectivity index (χ4n) is 7.56. The van der Waals surface area contributed by atoms with Gasteiger partial charge in [0.2, 0.25) is 11.7 Å². The lowest BCUT2D eigenvalue weighted by Gasteiger charge is -2.39. The molecule has 13 heteroatoms. The molecule has 2 aromatic heterocycles. The van der Waals surface area contributed by atoms with E-state index in [4.69, 9.17) is 33.0 Å². The van der Waals surface area contributed by atoms with Crippen molar-refractivity contribution in [1.82, 2.24) is 15.3 Å². The van der Waals surface area contributed by atoms with Crippen LogP contribution in [0.3, 0.4) is 0 Å². The molecule has 288 valence electrons. The van der Waals surface area contributed by atoms with Crippen LogP contribution < -0.4 is 5.32 Å². The molecule has 3 heterocycles. The van der Waals surface area contributed by atoms with Crippen LogP contribution in [0.2, 0.25) is 10.0 Å². The number of thiazole rings is 2. The Hall–Kier alpha value is -4.21. The molecule has 1 spiro atoms. The van der Waals surface area contributed by atoms with Crippen molar-refractivity contribution < 1.29 is 29.3 Å². The van der Waals surface area contributed by atoms with Gasteiger partial charge in [-0.2, -0.15) is 0 Å². The Morgan fingerprint density at radius 3 is 1.96 bits per heavy atom. The van der Waals surface area contributed by atoms with Gasteiger partial charge in [0.1, 0.15) is 34.1 Å². The normalized spacial score (nSPS) is 17.3. The standard InChI is InChI=1S/C22H23ClN2O3S.C20H20ClNO3S/c1-15-18(25-21(29-15)16-5-7-17(23)8-6-16)13-20(28)24-14-22(19(27)9-12-26)10-3-2-4-11-22;1-12-16(22-18(26-12)13-5-7-14(21)8-6-13)15-17(23)20(11-25-19(15)24)9-3-2-4-10-20/h5-8,26H,2-4,10-11,13-14H2,1H3,(H,24,28);5-8,23H,2-4,9-11H2,1H3. The van der Waals surface area contributed by atoms with Crippen molar-refractivity contribution in [2.45, 2.75) is 84.5 Å². The summed E-state index contributed by atoms with van der Waals surface area (Å²) in [6.45, 7) is 4.38. The van der Waals surface area contributed by atoms with Crippen molar-refractivity contribution in [2.24, 2.45) is 10.8 Å². The number of aryl methyl sites for hydroxylation is 2. The second-order valence-electron chi connectivity index (χ2n) is 14.5. The van der Waals surface area contributed by atoms with Crippen LogP contribution in [0, 0.1) is 36.7 Å². The van der Waals surface area contributed by atoms with Crippen molar-refractivity contribution >= 4 is 69.1 Å². The number of esters is 1. The van der Waals surface area contributed by atoms with Crippen LogP contribution in [-0.2, 0) is 25.5 Å². The highest BCUT2D eigenvalue weighted by molar-refractivity contribution is 7.15. The van der Waals surface area contributed by atoms with E-state index >= 15 is 0 Å². The lowest BCUT2D eigenvalue weighted by atomic mass is 9.71. The first-order chi connectivity index (χ1) is 26.4. The first kappa shape index (κ1) is 40.5. The molecule has 3 aliphatic rings. The molecule has 2 aliphatic carbocycles. The van der Waals surface area contributed by atoms with Crippen molar-refractivity contribution in [3.8, 4) is 33.2 Å². The first-order valence-electron chi connectivity index (χ1n) is 18.5. The lowest BCUT2D eigenvalue weighted by molar-refractivity contribution is -0.143. The molecule has 2 fully saturated rings. The minimum Gasteiger partial charge on any atom is -0.511 e. The molecule has 1 aliphatic heterocycles. The highest BCUT2D eigenvalue weighted by Crippen LogP contribution is 2.48. The Balaban J connectivity index is 0.000000188. The predicted octanol–water partition coefficient (Wildman–Crippen LogP) is 9.83. The van der Waals surface area contributed by atoms with Gasteiger partial charge in [-0.3, -0.25) is 9.59 Å². The first-order valence-corrected chi connectivity index (χ1v) is 20.9. The van der Waals surface area contributed by atoms with E-state index in [2.05, 4.69) is 21.2 Å². The summed E-state index contributed by atoms with van der Waals surface area (Å²) in [5.74, 6) is 1.49. The van der Waals surface area contributed by atoms with Crippen molar-refractivity contribution in [1.29, 1.82) is 0 Å². The van der Waals surface area contributed by atoms with Crippen LogP contribution in [0.15, 0.2) is 54.3 Å². The molecule has 4 aromatic rings. The van der Waals surface area contributed by atoms with Crippen LogP contribution in [0.5, 0.6) is 0 Å². The summed E-state index contributed by atoms with van der Waals surface area (Å²) in [5, 5.41) is 25.7. The number of ketones is 1. The number of cyclic esters (lactones) is 1. The Morgan fingerprint density at radius 2 is 1.38 bits per heavy atom. The monoisotopic (exact) mass is 819 g/mol. The minimum absolute atomic E-state index is 0.159. The third-order valence-electron chi connectivity index (χ3n) is 10.8. The second-order valence-corrected chi connectivity index (χ2v) is 17.7. The predicted molar refractivity (Wildman–Crippen MR) is 218 cm³/mol. The third kappa shape index (κ3) is 9.26. The summed E-state index contributed by atoms with van der Waals surface area (Å²) < 4.78 is 5.48. The quantitative estimate of drug-likeness (QED) is 0.118. The Morgan fingerprint density at radius 1 is 0.836 bits per heavy atom. The number of ether oxygens (including phenoxy) is 1. The van der Waals surface area contributed by atoms with Crippen LogP contribution in [-0.4, -0.2) is 51.0 Å². The molecular weight excluding hydrogens is 778 g/mol. The molecule has 0 atom stereocenters. The van der Waals surface area contributed by atoms with Crippen LogP contribution in [0.25, 0.3) is 26.7 Å². The van der Waals surface area contributed by atoms with Gasteiger partial charge in [-0.15, -0.1) is 22.7 Å². The summed E-state index contributed by atoms with van der Waals surface area (Å²) in [6.07, 6.45) is 11.1. The van der Waals surface area contributed by atoms with Gasteiger partial charge >= 0.3 is 5.97 Å². The number of benzene rings is 2. The molecule has 0 radical (unpaired) electrons. The summed E-state index contributed by atoms with van der Waals surface area (Å²) in [6, 6.07) is 14.9. The number of aromatic nitrogens is 2. The van der Waals surface area contributed by atoms with E-state index in [1.54, 1.807) is 6.11 Å². The maximum absolute atomic E-state index is 12.6. The van der Waals surface area contributed by atoms with E-state index in [1.807, 2.05) is 62.4 Å². The molecule has 3 N–H and O–H groups in total. The number of carbonyl (C=O) groups is 3. The highest BCUT2D eigenvalue weighted by atomic mass is 35.5. The topological polar surface area (TPSA) is 139 Å². The van der Waals surface area contributed by atoms with Crippen LogP contribution >= 0.6 is 45.9 Å². The van der Waals surface area contributed by atoms with Gasteiger partial charge in [0.15, 0.2) is 0 Å². The number of amides is 1. The van der Waals surface area contributed by atoms with Crippen molar-refractivity contribution in [3.05, 3.63) is 85.5 Å². The van der Waals surface area contributed by atoms with Crippen LogP contribution in [0.4, 0.5) is 0 Å². The maximum Gasteiger partial charge on any atom is 0.343 e. The molecule has 2 aromatic carbocycles. The summed E-state index contributed by atoms with van der Waals surface area (Å²) in [5.41, 5.74) is 2.28. The molecule has 7 rings (SSSR count). The van der Waals surface area contributed by atoms with Gasteiger partial charge in [0.05, 0.1) is 28.6 Å². The number of nitrogens with one attached hydrogen (secondary N) is 1. The Labute approximate surface area is 339 Å². The van der Waals surface area contributed by atoms with Gasteiger partial charge in [-0.05, 0) is 63.8 Å². The summed E-state index contributed by atoms with van der Waals surface area (Å²) >= 11 is 14.9. The third-order valence-corrected chi connectivity index (χ3v) is 13.3. The molecule has 0 unspecified atom stereocenters. The zero-order chi connectivity index (χ0) is 39.2. The molecule has 1 amide bonds. The lowest BCUT2D eigenvalue weighted by Crippen LogP contribution is -2.44. The Kier molecular flexibility index (Phi) is 13.0. The van der Waals surface area contributed by atoms with Crippen LogP contribution in [0.1, 0.15) is 85.4 Å². The maximum atomic E-state index is 12.6. The second kappa shape index (κ2) is 17.7. The van der Waals surface area contributed by atoms with Gasteiger partial charge in [0.25, 0.3) is 0 Å². The number of hydrogen-bond donors (Lipinski definition) is 3. The molecule has 0 saturated heterocycles. The van der Waals surface area contributed by atoms with Crippen molar-refractivity contribution in [2.75, 3.05) is 13.2 Å². The zero-order valence-corrected chi connectivity index (χ0v) is 34.0. The van der Waals surface area contributed by atoms with E-state index in [0.29, 0.717) is 28.6 Å². The van der Waals surface area contributed by atoms with Gasteiger partial charge < -0.3 is 20.3 Å². The van der Waals surface area contributed by atoms with Gasteiger partial charge in [0, 0.05) is 43.4 Å². The zero-order valence-electron chi connectivity index (χ0n) is 30.8. The molecular formula is C42H43Cl2N3O6S2. The molecule has 0 bridgehead atoms. The molecule has 2 saturated carbocycles. The van der Waals surface area contributed by atoms with E-state index in [1.165, 1.54) is 22.7 Å². The number of hydrogen-bond acceptors (Lipinski definition) is 10. The minimum atomic E-state index is -0.699. The number of rotatable bonds is 8. The molecule has 55 heavy (non-hydrogen) atoms. The number of carbonyl (C=O) groups excluding carboxylic acids is 3. The fraction of sp³-hybridized carbons (Fsp3) is 0.405. The highest BCUT2D eigenvalue weighted by Gasteiger charge is 2.45. The SMILES string of the molecule is Cc1sc(-c2ccc(Cl)cc2)nc1C1=C(O)C2(CCCCC2)COC1=O.Cc1sc(-c2ccc(Cl)cc2)nc1CC(=O)NCC1(C(=O)C#CO)CCCCC1. The smallest absolute Gasteiger partial charge is 0.343 e. The van der Waals surface area contributed by atoms with E-state index in [9.17, 15) is 19.5 Å². The largest absolute Gasteiger partial charge is 0.511 e. The molecule has 9 nitrogen and oxygen atoms in total. The van der Waals surface area contributed by atoms with E-state index < -0.39 is 16.8 Å². The van der Waals surface area contributed by atoms with Crippen molar-refractivity contribution in [3.63, 3.8) is 0 Å². The number of aliphatic hydroxyl groups is 2. The summed E-state index contributed by atoms with van der Waals surface area (Å²) in [7, 11) is 0. The van der Waals surface area contributed by atoms with E-state index in [0.717, 1.165) is 88.0 Å². The number of Topliss-reactive ketones (excluding diaryl/α,β-unsaturated/α-hetero) is 1. The number of halogens is 2. The number of aliphatic hydroxyl groups excluding tert-OH is 2. The summed E-state index contributed by atoms with van der Waals surface area (Å²) in [4.78, 5) is 48.6. The average molecular weight is 821 g/mol. The average Bonchev–Trinajstić information content (AvgIpc) is 3.75. The van der Waals surface area contributed by atoms with E-state index in [-0.39, 0.29) is 42.6 Å². The number of nitrogens with zero attached hydrogens (tertiary/aromatic N) is 2. The van der Waals surface area contributed by atoms with Gasteiger partial charge in [-0.25, -0.2) is 14.8 Å². The fourth-order valence-corrected chi connectivity index (χ4v) is 9.67.